The van der Waals surface area contributed by atoms with Gasteiger partial charge in [0.15, 0.2) is 10.6 Å². The molecule has 0 unspecified atom stereocenters. The highest BCUT2D eigenvalue weighted by Crippen LogP contribution is 2.35. The quantitative estimate of drug-likeness (QED) is 0.553. The van der Waals surface area contributed by atoms with Gasteiger partial charge in [-0.2, -0.15) is 10.2 Å². The molecule has 25 heavy (non-hydrogen) atoms. The van der Waals surface area contributed by atoms with Gasteiger partial charge < -0.3 is 5.32 Å². The molecule has 2 heterocycles. The van der Waals surface area contributed by atoms with E-state index < -0.39 is 0 Å². The Morgan fingerprint density at radius 1 is 1.28 bits per heavy atom. The Bertz CT molecular complexity index is 969. The lowest BCUT2D eigenvalue weighted by atomic mass is 10.1. The molecule has 0 aliphatic heterocycles. The lowest BCUT2D eigenvalue weighted by Crippen LogP contribution is -2.25. The first-order valence-corrected chi connectivity index (χ1v) is 9.07. The topological polar surface area (TPSA) is 91.4 Å². The van der Waals surface area contributed by atoms with Crippen LogP contribution >= 0.6 is 28.1 Å². The molecule has 1 aliphatic carbocycles. The second kappa shape index (κ2) is 6.57. The number of H-pyrrole nitrogens is 2. The van der Waals surface area contributed by atoms with Gasteiger partial charge in [-0.1, -0.05) is 28.1 Å². The second-order valence-electron chi connectivity index (χ2n) is 5.90. The highest BCUT2D eigenvalue weighted by atomic mass is 79.9. The Hall–Kier alpha value is -2.26. The number of aromatic amines is 2. The Labute approximate surface area is 157 Å². The van der Waals surface area contributed by atoms with Crippen molar-refractivity contribution in [2.45, 2.75) is 25.4 Å². The van der Waals surface area contributed by atoms with Crippen LogP contribution in [0.25, 0.3) is 11.3 Å². The second-order valence-corrected chi connectivity index (χ2v) is 7.20. The zero-order valence-electron chi connectivity index (χ0n) is 13.1. The molecule has 7 nitrogen and oxygen atoms in total. The number of nitrogens with one attached hydrogen (secondary N) is 3. The van der Waals surface area contributed by atoms with Crippen LogP contribution in [0.3, 0.4) is 0 Å². The van der Waals surface area contributed by atoms with Gasteiger partial charge in [0.1, 0.15) is 5.69 Å². The van der Waals surface area contributed by atoms with Gasteiger partial charge in [-0.15, -0.1) is 0 Å². The fraction of sp³-hybridized carbons (Fsp3) is 0.250. The summed E-state index contributed by atoms with van der Waals surface area (Å²) in [6.45, 7) is 0.315. The number of amides is 1. The summed E-state index contributed by atoms with van der Waals surface area (Å²) in [6, 6.07) is 9.89. The van der Waals surface area contributed by atoms with Gasteiger partial charge in [0.05, 0.1) is 12.2 Å². The fourth-order valence-corrected chi connectivity index (χ4v) is 3.20. The number of hydrogen-bond donors (Lipinski definition) is 3. The summed E-state index contributed by atoms with van der Waals surface area (Å²) in [5, 5.41) is 16.8. The standard InChI is InChI=1S/C16H15BrN6OS/c17-10-3-1-9(2-4-10)12-7-13(20-19-12)15(24)18-8-14-21-22-16(25)23(14)11-5-6-11/h1-4,7,11H,5-6,8H2,(H,18,24)(H,19,20)(H,22,25). The highest BCUT2D eigenvalue weighted by Gasteiger charge is 2.27. The van der Waals surface area contributed by atoms with Crippen molar-refractivity contribution in [3.63, 3.8) is 0 Å². The maximum absolute atomic E-state index is 12.4. The van der Waals surface area contributed by atoms with Crippen LogP contribution in [0.2, 0.25) is 0 Å². The Morgan fingerprint density at radius 2 is 2.04 bits per heavy atom. The Kier molecular flexibility index (Phi) is 4.26. The first-order chi connectivity index (χ1) is 12.1. The summed E-state index contributed by atoms with van der Waals surface area (Å²) in [4.78, 5) is 12.4. The molecule has 3 N–H and O–H groups in total. The van der Waals surface area contributed by atoms with E-state index in [9.17, 15) is 4.79 Å². The number of halogens is 1. The van der Waals surface area contributed by atoms with Gasteiger partial charge in [0.2, 0.25) is 0 Å². The number of nitrogens with zero attached hydrogens (tertiary/aromatic N) is 3. The molecule has 1 aromatic carbocycles. The number of carbonyl (C=O) groups excluding carboxylic acids is 1. The normalized spacial score (nSPS) is 13.8. The van der Waals surface area contributed by atoms with Gasteiger partial charge in [0, 0.05) is 16.1 Å². The van der Waals surface area contributed by atoms with Gasteiger partial charge >= 0.3 is 0 Å². The van der Waals surface area contributed by atoms with Gasteiger partial charge in [-0.05, 0) is 43.3 Å². The van der Waals surface area contributed by atoms with E-state index in [0.29, 0.717) is 23.1 Å². The van der Waals surface area contributed by atoms with Crippen LogP contribution in [0, 0.1) is 4.77 Å². The molecular weight excluding hydrogens is 404 g/mol. The summed E-state index contributed by atoms with van der Waals surface area (Å²) in [5.41, 5.74) is 2.07. The number of hydrogen-bond acceptors (Lipinski definition) is 4. The van der Waals surface area contributed by atoms with Crippen molar-refractivity contribution < 1.29 is 4.79 Å². The monoisotopic (exact) mass is 418 g/mol. The summed E-state index contributed by atoms with van der Waals surface area (Å²) < 4.78 is 3.58. The van der Waals surface area contributed by atoms with Gasteiger partial charge in [-0.25, -0.2) is 0 Å². The van der Waals surface area contributed by atoms with Crippen LogP contribution < -0.4 is 5.32 Å². The maximum Gasteiger partial charge on any atom is 0.269 e. The number of carbonyl (C=O) groups is 1. The van der Waals surface area contributed by atoms with Crippen LogP contribution in [0.4, 0.5) is 0 Å². The van der Waals surface area contributed by atoms with Crippen molar-refractivity contribution >= 4 is 34.1 Å². The van der Waals surface area contributed by atoms with E-state index in [2.05, 4.69) is 41.6 Å². The van der Waals surface area contributed by atoms with Gasteiger partial charge in [0.25, 0.3) is 5.91 Å². The lowest BCUT2D eigenvalue weighted by molar-refractivity contribution is 0.0944. The molecule has 0 spiro atoms. The number of rotatable bonds is 5. The predicted octanol–water partition coefficient (Wildman–Crippen LogP) is 3.36. The highest BCUT2D eigenvalue weighted by molar-refractivity contribution is 9.10. The van der Waals surface area contributed by atoms with E-state index in [4.69, 9.17) is 12.2 Å². The van der Waals surface area contributed by atoms with Crippen molar-refractivity contribution in [1.82, 2.24) is 30.3 Å². The first kappa shape index (κ1) is 16.2. The third-order valence-electron chi connectivity index (χ3n) is 4.06. The van der Waals surface area contributed by atoms with E-state index in [-0.39, 0.29) is 5.91 Å². The SMILES string of the molecule is O=C(NCc1n[nH]c(=S)n1C1CC1)c1cc(-c2ccc(Br)cc2)n[nH]1. The van der Waals surface area contributed by atoms with Crippen molar-refractivity contribution in [2.24, 2.45) is 0 Å². The average molecular weight is 419 g/mol. The molecule has 0 saturated heterocycles. The van der Waals surface area contributed by atoms with Crippen LogP contribution in [0.15, 0.2) is 34.8 Å². The van der Waals surface area contributed by atoms with Crippen LogP contribution in [0.1, 0.15) is 35.2 Å². The maximum atomic E-state index is 12.4. The fourth-order valence-electron chi connectivity index (χ4n) is 2.63. The number of benzene rings is 1. The molecule has 2 aromatic heterocycles. The smallest absolute Gasteiger partial charge is 0.269 e. The van der Waals surface area contributed by atoms with Crippen LogP contribution in [-0.4, -0.2) is 30.9 Å². The summed E-state index contributed by atoms with van der Waals surface area (Å²) >= 11 is 8.64. The minimum absolute atomic E-state index is 0.230. The summed E-state index contributed by atoms with van der Waals surface area (Å²) in [6.07, 6.45) is 2.21. The molecule has 3 aromatic rings. The average Bonchev–Trinajstić information content (AvgIpc) is 3.19. The largest absolute Gasteiger partial charge is 0.343 e. The Morgan fingerprint density at radius 3 is 2.76 bits per heavy atom. The van der Waals surface area contributed by atoms with Crippen LogP contribution in [-0.2, 0) is 6.54 Å². The van der Waals surface area contributed by atoms with Crippen molar-refractivity contribution in [2.75, 3.05) is 0 Å². The third kappa shape index (κ3) is 3.42. The molecule has 1 fully saturated rings. The zero-order chi connectivity index (χ0) is 17.4. The number of aromatic nitrogens is 5. The molecule has 0 bridgehead atoms. The van der Waals surface area contributed by atoms with Crippen LogP contribution in [0.5, 0.6) is 0 Å². The molecule has 4 rings (SSSR count). The lowest BCUT2D eigenvalue weighted by Gasteiger charge is -2.05. The first-order valence-electron chi connectivity index (χ1n) is 7.87. The van der Waals surface area contributed by atoms with Crippen molar-refractivity contribution in [1.29, 1.82) is 0 Å². The minimum atomic E-state index is -0.230. The van der Waals surface area contributed by atoms with E-state index in [1.54, 1.807) is 6.07 Å². The van der Waals surface area contributed by atoms with Crippen molar-refractivity contribution in [3.05, 3.63) is 51.1 Å². The van der Waals surface area contributed by atoms with E-state index in [1.807, 2.05) is 28.8 Å². The van der Waals surface area contributed by atoms with Crippen molar-refractivity contribution in [3.8, 4) is 11.3 Å². The minimum Gasteiger partial charge on any atom is -0.343 e. The molecule has 1 saturated carbocycles. The molecule has 1 amide bonds. The predicted molar refractivity (Wildman–Crippen MR) is 98.6 cm³/mol. The molecule has 0 atom stereocenters. The third-order valence-corrected chi connectivity index (χ3v) is 4.88. The molecule has 128 valence electrons. The molecule has 0 radical (unpaired) electrons. The van der Waals surface area contributed by atoms with Gasteiger partial charge in [-0.3, -0.25) is 19.6 Å². The Balaban J connectivity index is 1.45. The zero-order valence-corrected chi connectivity index (χ0v) is 15.5. The van der Waals surface area contributed by atoms with E-state index >= 15 is 0 Å². The van der Waals surface area contributed by atoms with E-state index in [0.717, 1.165) is 34.4 Å². The molecule has 9 heteroatoms. The van der Waals surface area contributed by atoms with E-state index in [1.165, 1.54) is 0 Å². The molecule has 1 aliphatic rings. The molecular formula is C16H15BrN6OS. The summed E-state index contributed by atoms with van der Waals surface area (Å²) in [7, 11) is 0. The summed E-state index contributed by atoms with van der Waals surface area (Å²) in [5.74, 6) is 0.514.